The van der Waals surface area contributed by atoms with Crippen molar-refractivity contribution in [3.05, 3.63) is 102 Å². The number of fused-ring (bicyclic) bond motifs is 1. The van der Waals surface area contributed by atoms with Crippen molar-refractivity contribution in [2.75, 3.05) is 25.0 Å². The van der Waals surface area contributed by atoms with Crippen LogP contribution in [0.4, 0.5) is 14.5 Å². The van der Waals surface area contributed by atoms with E-state index in [1.807, 2.05) is 30.4 Å². The molecule has 5 atom stereocenters. The minimum Gasteiger partial charge on any atom is -0.340 e. The van der Waals surface area contributed by atoms with Gasteiger partial charge in [-0.3, -0.25) is 4.79 Å². The summed E-state index contributed by atoms with van der Waals surface area (Å²) < 4.78 is 28.9. The lowest BCUT2D eigenvalue weighted by molar-refractivity contribution is 0.275. The first-order valence-electron chi connectivity index (χ1n) is 15.0. The number of aryl methyl sites for hydroxylation is 2. The van der Waals surface area contributed by atoms with Crippen LogP contribution in [0, 0.1) is 40.2 Å². The van der Waals surface area contributed by atoms with Crippen LogP contribution in [0.5, 0.6) is 0 Å². The zero-order valence-electron chi connectivity index (χ0n) is 24.7. The number of guanidine groups is 1. The fourth-order valence-electron chi connectivity index (χ4n) is 6.23. The summed E-state index contributed by atoms with van der Waals surface area (Å²) in [4.78, 5) is 20.7. The van der Waals surface area contributed by atoms with Crippen LogP contribution < -0.4 is 16.2 Å². The highest BCUT2D eigenvalue weighted by molar-refractivity contribution is 5.96. The van der Waals surface area contributed by atoms with Gasteiger partial charge in [-0.25, -0.2) is 13.8 Å². The van der Waals surface area contributed by atoms with E-state index in [1.54, 1.807) is 12.3 Å². The number of aromatic nitrogens is 1. The van der Waals surface area contributed by atoms with Crippen molar-refractivity contribution in [3.63, 3.8) is 0 Å². The SMILES string of the molecule is C=C[C@H]1CN(C(=NC2C[C@H](C=N)C[C@H](C=C)[C@@H]2C=N)Nc2ccc3c(=O)n(CCc4ccc(F)cc4F)ccc3c2)CCN1. The molecule has 1 aliphatic heterocycles. The molecular formula is C34H39F2N7O. The number of pyridine rings is 1. The van der Waals surface area contributed by atoms with Crippen molar-refractivity contribution in [2.45, 2.75) is 37.9 Å². The quantitative estimate of drug-likeness (QED) is 0.153. The van der Waals surface area contributed by atoms with Gasteiger partial charge in [-0.1, -0.05) is 18.2 Å². The van der Waals surface area contributed by atoms with E-state index < -0.39 is 11.6 Å². The van der Waals surface area contributed by atoms with Crippen LogP contribution in [0.15, 0.2) is 83.8 Å². The lowest BCUT2D eigenvalue weighted by atomic mass is 9.72. The lowest BCUT2D eigenvalue weighted by Crippen LogP contribution is -2.54. The molecule has 10 heteroatoms. The van der Waals surface area contributed by atoms with Gasteiger partial charge in [0.05, 0.1) is 6.04 Å². The van der Waals surface area contributed by atoms with Gasteiger partial charge in [-0.2, -0.15) is 0 Å². The molecule has 2 aliphatic rings. The smallest absolute Gasteiger partial charge is 0.258 e. The number of rotatable bonds is 9. The molecule has 0 bridgehead atoms. The van der Waals surface area contributed by atoms with Crippen molar-refractivity contribution in [1.29, 1.82) is 10.8 Å². The average Bonchev–Trinajstić information content (AvgIpc) is 3.04. The van der Waals surface area contributed by atoms with Gasteiger partial charge < -0.3 is 30.9 Å². The van der Waals surface area contributed by atoms with Crippen LogP contribution >= 0.6 is 0 Å². The molecule has 8 nitrogen and oxygen atoms in total. The Morgan fingerprint density at radius 1 is 1.09 bits per heavy atom. The van der Waals surface area contributed by atoms with Gasteiger partial charge in [0.2, 0.25) is 0 Å². The molecule has 1 saturated heterocycles. The van der Waals surface area contributed by atoms with Crippen molar-refractivity contribution >= 4 is 34.8 Å². The highest BCUT2D eigenvalue weighted by Crippen LogP contribution is 2.35. The van der Waals surface area contributed by atoms with E-state index in [-0.39, 0.29) is 48.4 Å². The predicted octanol–water partition coefficient (Wildman–Crippen LogP) is 5.25. The Balaban J connectivity index is 1.43. The first-order chi connectivity index (χ1) is 21.3. The number of benzene rings is 2. The number of allylic oxidation sites excluding steroid dienone is 1. The van der Waals surface area contributed by atoms with E-state index >= 15 is 0 Å². The lowest BCUT2D eigenvalue weighted by Gasteiger charge is -2.38. The highest BCUT2D eigenvalue weighted by Gasteiger charge is 2.35. The van der Waals surface area contributed by atoms with Gasteiger partial charge in [0.1, 0.15) is 11.6 Å². The second kappa shape index (κ2) is 13.9. The number of hydrogen-bond donors (Lipinski definition) is 4. The number of anilines is 1. The van der Waals surface area contributed by atoms with Crippen molar-refractivity contribution < 1.29 is 8.78 Å². The van der Waals surface area contributed by atoms with Crippen LogP contribution in [0.25, 0.3) is 10.8 Å². The molecule has 4 N–H and O–H groups in total. The minimum absolute atomic E-state index is 0.0641. The maximum Gasteiger partial charge on any atom is 0.258 e. The predicted molar refractivity (Wildman–Crippen MR) is 174 cm³/mol. The van der Waals surface area contributed by atoms with E-state index in [0.717, 1.165) is 36.7 Å². The summed E-state index contributed by atoms with van der Waals surface area (Å²) in [5, 5.41) is 24.3. The van der Waals surface area contributed by atoms with E-state index in [0.29, 0.717) is 29.9 Å². The summed E-state index contributed by atoms with van der Waals surface area (Å²) >= 11 is 0. The molecule has 5 rings (SSSR count). The van der Waals surface area contributed by atoms with Crippen molar-refractivity contribution in [1.82, 2.24) is 14.8 Å². The third-order valence-corrected chi connectivity index (χ3v) is 8.74. The Bertz CT molecular complexity index is 1630. The summed E-state index contributed by atoms with van der Waals surface area (Å²) in [6.07, 6.45) is 10.1. The van der Waals surface area contributed by atoms with Gasteiger partial charge >= 0.3 is 0 Å². The Labute approximate surface area is 256 Å². The van der Waals surface area contributed by atoms with Crippen LogP contribution in [-0.4, -0.2) is 59.6 Å². The van der Waals surface area contributed by atoms with Crippen LogP contribution in [0.2, 0.25) is 0 Å². The first kappa shape index (κ1) is 31.0. The third-order valence-electron chi connectivity index (χ3n) is 8.74. The largest absolute Gasteiger partial charge is 0.340 e. The van der Waals surface area contributed by atoms with Gasteiger partial charge in [0, 0.05) is 67.7 Å². The second-order valence-electron chi connectivity index (χ2n) is 11.5. The number of nitrogens with one attached hydrogen (secondary N) is 4. The molecule has 230 valence electrons. The zero-order chi connectivity index (χ0) is 31.2. The fourth-order valence-corrected chi connectivity index (χ4v) is 6.23. The maximum atomic E-state index is 14.1. The van der Waals surface area contributed by atoms with Crippen LogP contribution in [-0.2, 0) is 13.0 Å². The Hall–Kier alpha value is -4.44. The van der Waals surface area contributed by atoms with E-state index in [1.165, 1.54) is 29.1 Å². The molecule has 0 radical (unpaired) electrons. The Morgan fingerprint density at radius 2 is 1.93 bits per heavy atom. The number of halogens is 2. The third kappa shape index (κ3) is 6.86. The van der Waals surface area contributed by atoms with Gasteiger partial charge in [0.15, 0.2) is 5.96 Å². The maximum absolute atomic E-state index is 14.1. The van der Waals surface area contributed by atoms with Crippen molar-refractivity contribution in [3.8, 4) is 0 Å². The minimum atomic E-state index is -0.631. The normalized spacial score (nSPS) is 24.1. The molecule has 2 heterocycles. The van der Waals surface area contributed by atoms with Gasteiger partial charge in [0.25, 0.3) is 5.56 Å². The topological polar surface area (TPSA) is 109 Å². The fraction of sp³-hybridized carbons (Fsp3) is 0.353. The van der Waals surface area contributed by atoms with E-state index in [4.69, 9.17) is 15.8 Å². The number of hydrogen-bond acceptors (Lipinski definition) is 5. The first-order valence-corrected chi connectivity index (χ1v) is 15.0. The molecule has 2 fully saturated rings. The molecule has 2 aromatic carbocycles. The van der Waals surface area contributed by atoms with Gasteiger partial charge in [-0.05, 0) is 78.6 Å². The van der Waals surface area contributed by atoms with Gasteiger partial charge in [-0.15, -0.1) is 13.2 Å². The second-order valence-corrected chi connectivity index (χ2v) is 11.5. The standard InChI is InChI=1S/C34H39F2N7O/c1-3-23-15-22(19-37)16-32(30(23)20-38)41-34(43-14-11-39-27(4-2)21-43)40-28-7-8-29-25(17-28)10-13-42(33(29)44)12-9-24-5-6-26(35)18-31(24)36/h3-8,10,13,17-20,22-23,27,30,32,37-39H,1-2,9,11-12,14-16,21H2,(H,40,41)/t22-,23+,27+,30+,32?/m1/s1. The Morgan fingerprint density at radius 3 is 2.66 bits per heavy atom. The average molecular weight is 600 g/mol. The molecule has 0 spiro atoms. The molecule has 0 amide bonds. The molecule has 1 saturated carbocycles. The van der Waals surface area contributed by atoms with E-state index in [9.17, 15) is 13.6 Å². The highest BCUT2D eigenvalue weighted by atomic mass is 19.1. The van der Waals surface area contributed by atoms with Crippen molar-refractivity contribution in [2.24, 2.45) is 22.7 Å². The number of aliphatic imine (C=N–C) groups is 1. The monoisotopic (exact) mass is 599 g/mol. The summed E-state index contributed by atoms with van der Waals surface area (Å²) in [7, 11) is 0. The summed E-state index contributed by atoms with van der Waals surface area (Å²) in [5.74, 6) is -0.557. The Kier molecular flexibility index (Phi) is 9.79. The number of nitrogens with zero attached hydrogens (tertiary/aromatic N) is 3. The van der Waals surface area contributed by atoms with Crippen LogP contribution in [0.3, 0.4) is 0 Å². The molecule has 1 aromatic heterocycles. The molecule has 44 heavy (non-hydrogen) atoms. The summed E-state index contributed by atoms with van der Waals surface area (Å²) in [5.41, 5.74) is 0.929. The molecule has 1 unspecified atom stereocenters. The molecule has 1 aliphatic carbocycles. The summed E-state index contributed by atoms with van der Waals surface area (Å²) in [6, 6.07) is 10.8. The molecular weight excluding hydrogens is 560 g/mol. The van der Waals surface area contributed by atoms with Crippen LogP contribution in [0.1, 0.15) is 18.4 Å². The zero-order valence-corrected chi connectivity index (χ0v) is 24.7. The number of piperazine rings is 1. The summed E-state index contributed by atoms with van der Waals surface area (Å²) in [6.45, 7) is 10.4. The molecule has 3 aromatic rings. The van der Waals surface area contributed by atoms with E-state index in [2.05, 4.69) is 28.7 Å².